The molecule has 1 heterocycles. The van der Waals surface area contributed by atoms with Crippen LogP contribution < -0.4 is 11.1 Å². The molecule has 6 heteroatoms. The van der Waals surface area contributed by atoms with Crippen LogP contribution in [0.3, 0.4) is 0 Å². The summed E-state index contributed by atoms with van der Waals surface area (Å²) in [5.74, 6) is 0.536. The standard InChI is InChI=1S/C15H21Cl2N3O/c1-20-6-3-10(4-7-20)2-5-19-15(21)11-8-12(16)14(17)13(18)9-11/h8-10H,2-7,18H2,1H3,(H,19,21). The van der Waals surface area contributed by atoms with Crippen molar-refractivity contribution in [1.29, 1.82) is 0 Å². The van der Waals surface area contributed by atoms with E-state index in [1.165, 1.54) is 12.8 Å². The van der Waals surface area contributed by atoms with Crippen molar-refractivity contribution in [2.24, 2.45) is 5.92 Å². The number of nitrogens with one attached hydrogen (secondary N) is 1. The number of amides is 1. The number of hydrogen-bond donors (Lipinski definition) is 2. The molecule has 0 aliphatic carbocycles. The third-order valence-corrected chi connectivity index (χ3v) is 4.81. The molecule has 0 aromatic heterocycles. The highest BCUT2D eigenvalue weighted by atomic mass is 35.5. The Morgan fingerprint density at radius 3 is 2.67 bits per heavy atom. The largest absolute Gasteiger partial charge is 0.397 e. The zero-order valence-electron chi connectivity index (χ0n) is 12.2. The average molecular weight is 330 g/mol. The molecule has 0 atom stereocenters. The van der Waals surface area contributed by atoms with Gasteiger partial charge < -0.3 is 16.0 Å². The highest BCUT2D eigenvalue weighted by Crippen LogP contribution is 2.29. The van der Waals surface area contributed by atoms with Crippen LogP contribution in [0.1, 0.15) is 29.6 Å². The summed E-state index contributed by atoms with van der Waals surface area (Å²) in [6.45, 7) is 2.96. The average Bonchev–Trinajstić information content (AvgIpc) is 2.46. The Hall–Kier alpha value is -0.970. The van der Waals surface area contributed by atoms with Gasteiger partial charge in [0.1, 0.15) is 0 Å². The summed E-state index contributed by atoms with van der Waals surface area (Å²) in [4.78, 5) is 14.4. The number of carbonyl (C=O) groups excluding carboxylic acids is 1. The molecule has 1 aliphatic rings. The first-order chi connectivity index (χ1) is 9.97. The number of nitrogens with zero attached hydrogens (tertiary/aromatic N) is 1. The zero-order valence-corrected chi connectivity index (χ0v) is 13.7. The van der Waals surface area contributed by atoms with Crippen molar-refractivity contribution in [3.8, 4) is 0 Å². The lowest BCUT2D eigenvalue weighted by Crippen LogP contribution is -2.32. The predicted molar refractivity (Wildman–Crippen MR) is 88.0 cm³/mol. The van der Waals surface area contributed by atoms with E-state index in [0.29, 0.717) is 33.8 Å². The molecule has 21 heavy (non-hydrogen) atoms. The van der Waals surface area contributed by atoms with E-state index >= 15 is 0 Å². The predicted octanol–water partition coefficient (Wildman–Crippen LogP) is 3.04. The van der Waals surface area contributed by atoms with Crippen molar-refractivity contribution in [2.75, 3.05) is 32.4 Å². The van der Waals surface area contributed by atoms with E-state index in [4.69, 9.17) is 28.9 Å². The summed E-state index contributed by atoms with van der Waals surface area (Å²) < 4.78 is 0. The fraction of sp³-hybridized carbons (Fsp3) is 0.533. The number of nitrogens with two attached hydrogens (primary N) is 1. The Morgan fingerprint density at radius 1 is 1.38 bits per heavy atom. The number of nitrogen functional groups attached to an aromatic ring is 1. The minimum atomic E-state index is -0.159. The van der Waals surface area contributed by atoms with Crippen molar-refractivity contribution in [1.82, 2.24) is 10.2 Å². The highest BCUT2D eigenvalue weighted by Gasteiger charge is 2.17. The molecule has 0 spiro atoms. The maximum atomic E-state index is 12.1. The molecule has 3 N–H and O–H groups in total. The van der Waals surface area contributed by atoms with Gasteiger partial charge in [0.2, 0.25) is 0 Å². The minimum Gasteiger partial charge on any atom is -0.397 e. The monoisotopic (exact) mass is 329 g/mol. The Kier molecular flexibility index (Phi) is 5.73. The van der Waals surface area contributed by atoms with Crippen molar-refractivity contribution in [3.05, 3.63) is 27.7 Å². The van der Waals surface area contributed by atoms with Crippen molar-refractivity contribution in [2.45, 2.75) is 19.3 Å². The number of benzene rings is 1. The fourth-order valence-electron chi connectivity index (χ4n) is 2.58. The van der Waals surface area contributed by atoms with Gasteiger partial charge in [0.05, 0.1) is 15.7 Å². The lowest BCUT2D eigenvalue weighted by molar-refractivity contribution is 0.0949. The second-order valence-corrected chi connectivity index (χ2v) is 6.44. The molecule has 0 bridgehead atoms. The number of likely N-dealkylation sites (tertiary alicyclic amines) is 1. The van der Waals surface area contributed by atoms with Crippen LogP contribution in [0.5, 0.6) is 0 Å². The molecular formula is C15H21Cl2N3O. The lowest BCUT2D eigenvalue weighted by atomic mass is 9.94. The van der Waals surface area contributed by atoms with Crippen molar-refractivity contribution >= 4 is 34.8 Å². The molecule has 4 nitrogen and oxygen atoms in total. The Bertz CT molecular complexity index is 491. The lowest BCUT2D eigenvalue weighted by Gasteiger charge is -2.28. The Morgan fingerprint density at radius 2 is 2.05 bits per heavy atom. The molecule has 0 radical (unpaired) electrons. The third kappa shape index (κ3) is 4.50. The van der Waals surface area contributed by atoms with E-state index in [2.05, 4.69) is 17.3 Å². The normalized spacial score (nSPS) is 16.9. The van der Waals surface area contributed by atoms with Gasteiger partial charge in [-0.25, -0.2) is 0 Å². The maximum absolute atomic E-state index is 12.1. The van der Waals surface area contributed by atoms with E-state index in [9.17, 15) is 4.79 Å². The first-order valence-corrected chi connectivity index (χ1v) is 7.94. The SMILES string of the molecule is CN1CCC(CCNC(=O)c2cc(N)c(Cl)c(Cl)c2)CC1. The molecule has 1 amide bonds. The van der Waals surface area contributed by atoms with E-state index < -0.39 is 0 Å². The van der Waals surface area contributed by atoms with Crippen molar-refractivity contribution in [3.63, 3.8) is 0 Å². The Labute approximate surface area is 135 Å². The number of piperidine rings is 1. The molecule has 0 unspecified atom stereocenters. The van der Waals surface area contributed by atoms with Crippen LogP contribution in [-0.4, -0.2) is 37.5 Å². The quantitative estimate of drug-likeness (QED) is 0.835. The zero-order chi connectivity index (χ0) is 15.4. The van der Waals surface area contributed by atoms with Gasteiger partial charge in [-0.15, -0.1) is 0 Å². The van der Waals surface area contributed by atoms with E-state index in [1.54, 1.807) is 12.1 Å². The summed E-state index contributed by atoms with van der Waals surface area (Å²) in [5, 5.41) is 3.52. The summed E-state index contributed by atoms with van der Waals surface area (Å²) in [6, 6.07) is 3.10. The third-order valence-electron chi connectivity index (χ3n) is 3.99. The molecule has 0 saturated carbocycles. The first-order valence-electron chi connectivity index (χ1n) is 7.18. The molecule has 1 aromatic rings. The molecule has 2 rings (SSSR count). The van der Waals surface area contributed by atoms with E-state index in [-0.39, 0.29) is 5.91 Å². The van der Waals surface area contributed by atoms with Crippen LogP contribution in [0.2, 0.25) is 10.0 Å². The Balaban J connectivity index is 1.82. The molecule has 1 saturated heterocycles. The second-order valence-electron chi connectivity index (χ2n) is 5.65. The number of hydrogen-bond acceptors (Lipinski definition) is 3. The van der Waals surface area contributed by atoms with Crippen LogP contribution in [0, 0.1) is 5.92 Å². The topological polar surface area (TPSA) is 58.4 Å². The van der Waals surface area contributed by atoms with Crippen LogP contribution in [0.25, 0.3) is 0 Å². The van der Waals surface area contributed by atoms with Crippen LogP contribution >= 0.6 is 23.2 Å². The highest BCUT2D eigenvalue weighted by molar-refractivity contribution is 6.43. The van der Waals surface area contributed by atoms with E-state index in [1.807, 2.05) is 0 Å². The summed E-state index contributed by atoms with van der Waals surface area (Å²) in [6.07, 6.45) is 3.41. The van der Waals surface area contributed by atoms with Gasteiger partial charge in [-0.3, -0.25) is 4.79 Å². The van der Waals surface area contributed by atoms with Gasteiger partial charge in [0.15, 0.2) is 0 Å². The fourth-order valence-corrected chi connectivity index (χ4v) is 2.92. The molecule has 1 aromatic carbocycles. The molecule has 1 aliphatic heterocycles. The number of halogens is 2. The van der Waals surface area contributed by atoms with Gasteiger partial charge in [0.25, 0.3) is 5.91 Å². The number of carbonyl (C=O) groups is 1. The summed E-state index contributed by atoms with van der Waals surface area (Å²) in [7, 11) is 2.15. The maximum Gasteiger partial charge on any atom is 0.251 e. The van der Waals surface area contributed by atoms with Crippen LogP contribution in [-0.2, 0) is 0 Å². The summed E-state index contributed by atoms with van der Waals surface area (Å²) in [5.41, 5.74) is 6.49. The van der Waals surface area contributed by atoms with Crippen LogP contribution in [0.4, 0.5) is 5.69 Å². The molecular weight excluding hydrogens is 309 g/mol. The van der Waals surface area contributed by atoms with E-state index in [0.717, 1.165) is 19.5 Å². The second kappa shape index (κ2) is 7.34. The number of anilines is 1. The van der Waals surface area contributed by atoms with Crippen molar-refractivity contribution < 1.29 is 4.79 Å². The van der Waals surface area contributed by atoms with Gasteiger partial charge in [-0.2, -0.15) is 0 Å². The smallest absolute Gasteiger partial charge is 0.251 e. The molecule has 116 valence electrons. The van der Waals surface area contributed by atoms with Gasteiger partial charge in [-0.1, -0.05) is 23.2 Å². The van der Waals surface area contributed by atoms with Gasteiger partial charge in [0, 0.05) is 12.1 Å². The molecule has 1 fully saturated rings. The first kappa shape index (κ1) is 16.4. The van der Waals surface area contributed by atoms with Gasteiger partial charge >= 0.3 is 0 Å². The van der Waals surface area contributed by atoms with Crippen LogP contribution in [0.15, 0.2) is 12.1 Å². The summed E-state index contributed by atoms with van der Waals surface area (Å²) >= 11 is 11.8. The van der Waals surface area contributed by atoms with Gasteiger partial charge in [-0.05, 0) is 57.5 Å². The minimum absolute atomic E-state index is 0.159. The number of rotatable bonds is 4.